The first-order valence-corrected chi connectivity index (χ1v) is 4.95. The van der Waals surface area contributed by atoms with Gasteiger partial charge in [0.1, 0.15) is 0 Å². The Morgan fingerprint density at radius 1 is 1.14 bits per heavy atom. The summed E-state index contributed by atoms with van der Waals surface area (Å²) in [6.45, 7) is 6.06. The number of hydrogen-bond acceptors (Lipinski definition) is 3. The number of rotatable bonds is 5. The van der Waals surface area contributed by atoms with Crippen molar-refractivity contribution in [1.29, 1.82) is 0 Å². The number of aliphatic carboxylic acids is 1. The average molecular weight is 204 g/mol. The van der Waals surface area contributed by atoms with E-state index in [1.807, 2.05) is 0 Å². The molecule has 1 N–H and O–H groups in total. The Hall–Kier alpha value is -1.06. The van der Waals surface area contributed by atoms with E-state index in [2.05, 4.69) is 6.92 Å². The van der Waals surface area contributed by atoms with E-state index in [9.17, 15) is 9.59 Å². The molecule has 0 aromatic rings. The van der Waals surface area contributed by atoms with E-state index >= 15 is 0 Å². The van der Waals surface area contributed by atoms with Crippen molar-refractivity contribution in [3.63, 3.8) is 0 Å². The van der Waals surface area contributed by atoms with Crippen molar-refractivity contribution in [1.82, 2.24) is 0 Å². The second kappa shape index (κ2) is 11.9. The third-order valence-electron chi connectivity index (χ3n) is 1.35. The molecule has 0 amide bonds. The van der Waals surface area contributed by atoms with Gasteiger partial charge in [0.2, 0.25) is 0 Å². The van der Waals surface area contributed by atoms with Gasteiger partial charge in [0.05, 0.1) is 6.61 Å². The molecule has 0 heterocycles. The molecule has 0 aliphatic heterocycles. The monoisotopic (exact) mass is 204 g/mol. The summed E-state index contributed by atoms with van der Waals surface area (Å²) in [5.74, 6) is -0.839. The topological polar surface area (TPSA) is 63.6 Å². The van der Waals surface area contributed by atoms with Crippen LogP contribution in [0.1, 0.15) is 46.5 Å². The maximum Gasteiger partial charge on any atom is 0.305 e. The van der Waals surface area contributed by atoms with Gasteiger partial charge in [-0.3, -0.25) is 9.59 Å². The van der Waals surface area contributed by atoms with Crippen LogP contribution < -0.4 is 0 Å². The third-order valence-corrected chi connectivity index (χ3v) is 1.35. The van der Waals surface area contributed by atoms with Gasteiger partial charge < -0.3 is 9.84 Å². The SMILES string of the molecule is CCC(=O)O.CCCCOC(=O)CC. The molecular formula is C10H20O4. The van der Waals surface area contributed by atoms with Gasteiger partial charge in [0.25, 0.3) is 0 Å². The summed E-state index contributed by atoms with van der Waals surface area (Å²) in [7, 11) is 0. The molecule has 0 spiro atoms. The van der Waals surface area contributed by atoms with E-state index in [0.717, 1.165) is 12.8 Å². The Kier molecular flexibility index (Phi) is 13.1. The van der Waals surface area contributed by atoms with Crippen LogP contribution >= 0.6 is 0 Å². The van der Waals surface area contributed by atoms with Crippen LogP contribution in [0, 0.1) is 0 Å². The third kappa shape index (κ3) is 17.1. The maximum absolute atomic E-state index is 10.5. The standard InChI is InChI=1S/C7H14O2.C3H6O2/c1-3-5-6-9-7(8)4-2;1-2-3(4)5/h3-6H2,1-2H3;2H2,1H3,(H,4,5). The number of carboxylic acids is 1. The molecule has 0 fully saturated rings. The Morgan fingerprint density at radius 3 is 1.93 bits per heavy atom. The van der Waals surface area contributed by atoms with Crippen LogP contribution in [-0.2, 0) is 14.3 Å². The van der Waals surface area contributed by atoms with Gasteiger partial charge in [-0.05, 0) is 6.42 Å². The minimum atomic E-state index is -0.745. The Bertz CT molecular complexity index is 154. The van der Waals surface area contributed by atoms with Crippen LogP contribution in [0.3, 0.4) is 0 Å². The molecule has 14 heavy (non-hydrogen) atoms. The number of unbranched alkanes of at least 4 members (excludes halogenated alkanes) is 1. The first-order valence-electron chi connectivity index (χ1n) is 4.95. The van der Waals surface area contributed by atoms with Gasteiger partial charge in [-0.15, -0.1) is 0 Å². The van der Waals surface area contributed by atoms with Gasteiger partial charge in [-0.25, -0.2) is 0 Å². The summed E-state index contributed by atoms with van der Waals surface area (Å²) in [4.78, 5) is 19.8. The smallest absolute Gasteiger partial charge is 0.305 e. The summed E-state index contributed by atoms with van der Waals surface area (Å²) in [5.41, 5.74) is 0. The predicted octanol–water partition coefficient (Wildman–Crippen LogP) is 2.22. The first kappa shape index (κ1) is 15.4. The fraction of sp³-hybridized carbons (Fsp3) is 0.800. The van der Waals surface area contributed by atoms with E-state index in [-0.39, 0.29) is 12.4 Å². The summed E-state index contributed by atoms with van der Waals surface area (Å²) in [6, 6.07) is 0. The minimum Gasteiger partial charge on any atom is -0.481 e. The average Bonchev–Trinajstić information content (AvgIpc) is 2.19. The normalized spacial score (nSPS) is 8.50. The van der Waals surface area contributed by atoms with Crippen molar-refractivity contribution < 1.29 is 19.4 Å². The molecule has 0 unspecified atom stereocenters. The van der Waals surface area contributed by atoms with E-state index in [1.54, 1.807) is 13.8 Å². The molecule has 0 aromatic heterocycles. The van der Waals surface area contributed by atoms with Crippen LogP contribution in [0.4, 0.5) is 0 Å². The molecule has 4 nitrogen and oxygen atoms in total. The number of carbonyl (C=O) groups is 2. The minimum absolute atomic E-state index is 0.0940. The summed E-state index contributed by atoms with van der Waals surface area (Å²) in [6.07, 6.45) is 2.77. The maximum atomic E-state index is 10.5. The molecule has 4 heteroatoms. The van der Waals surface area contributed by atoms with Crippen molar-refractivity contribution in [3.8, 4) is 0 Å². The Balaban J connectivity index is 0. The predicted molar refractivity (Wildman–Crippen MR) is 54.1 cm³/mol. The summed E-state index contributed by atoms with van der Waals surface area (Å²) in [5, 5.41) is 7.72. The van der Waals surface area contributed by atoms with Gasteiger partial charge in [0.15, 0.2) is 0 Å². The van der Waals surface area contributed by atoms with Crippen molar-refractivity contribution >= 4 is 11.9 Å². The zero-order chi connectivity index (χ0) is 11.4. The second-order valence-electron chi connectivity index (χ2n) is 2.67. The van der Waals surface area contributed by atoms with Crippen molar-refractivity contribution in [2.45, 2.75) is 46.5 Å². The number of esters is 1. The van der Waals surface area contributed by atoms with Crippen LogP contribution in [-0.4, -0.2) is 23.7 Å². The van der Waals surface area contributed by atoms with E-state index < -0.39 is 5.97 Å². The van der Waals surface area contributed by atoms with Gasteiger partial charge >= 0.3 is 11.9 Å². The molecule has 0 radical (unpaired) electrons. The van der Waals surface area contributed by atoms with Gasteiger partial charge in [0, 0.05) is 12.8 Å². The molecule has 0 bridgehead atoms. The molecule has 0 aromatic carbocycles. The van der Waals surface area contributed by atoms with Crippen molar-refractivity contribution in [2.24, 2.45) is 0 Å². The highest BCUT2D eigenvalue weighted by molar-refractivity contribution is 5.68. The highest BCUT2D eigenvalue weighted by atomic mass is 16.5. The Labute approximate surface area is 85.3 Å². The first-order chi connectivity index (χ1) is 6.58. The lowest BCUT2D eigenvalue weighted by atomic mass is 10.4. The van der Waals surface area contributed by atoms with E-state index in [1.165, 1.54) is 0 Å². The quantitative estimate of drug-likeness (QED) is 0.551. The molecule has 84 valence electrons. The fourth-order valence-electron chi connectivity index (χ4n) is 0.432. The zero-order valence-electron chi connectivity index (χ0n) is 9.21. The number of carboxylic acid groups (broad SMARTS) is 1. The highest BCUT2D eigenvalue weighted by Gasteiger charge is 1.94. The zero-order valence-corrected chi connectivity index (χ0v) is 9.21. The molecular weight excluding hydrogens is 184 g/mol. The lowest BCUT2D eigenvalue weighted by Gasteiger charge is -1.99. The largest absolute Gasteiger partial charge is 0.481 e. The van der Waals surface area contributed by atoms with E-state index in [4.69, 9.17) is 9.84 Å². The summed E-state index contributed by atoms with van der Waals surface area (Å²) < 4.78 is 4.79. The fourth-order valence-corrected chi connectivity index (χ4v) is 0.432. The molecule has 0 saturated carbocycles. The van der Waals surface area contributed by atoms with Crippen molar-refractivity contribution in [3.05, 3.63) is 0 Å². The molecule has 0 atom stereocenters. The van der Waals surface area contributed by atoms with Crippen molar-refractivity contribution in [2.75, 3.05) is 6.61 Å². The van der Waals surface area contributed by atoms with E-state index in [0.29, 0.717) is 13.0 Å². The molecule has 0 aliphatic carbocycles. The number of carbonyl (C=O) groups excluding carboxylic acids is 1. The van der Waals surface area contributed by atoms with Crippen LogP contribution in [0.15, 0.2) is 0 Å². The summed E-state index contributed by atoms with van der Waals surface area (Å²) >= 11 is 0. The van der Waals surface area contributed by atoms with Gasteiger partial charge in [-0.1, -0.05) is 27.2 Å². The van der Waals surface area contributed by atoms with Crippen LogP contribution in [0.2, 0.25) is 0 Å². The Morgan fingerprint density at radius 2 is 1.64 bits per heavy atom. The number of hydrogen-bond donors (Lipinski definition) is 1. The van der Waals surface area contributed by atoms with Crippen LogP contribution in [0.5, 0.6) is 0 Å². The molecule has 0 rings (SSSR count). The molecule has 0 aliphatic rings. The second-order valence-corrected chi connectivity index (χ2v) is 2.67. The molecule has 0 saturated heterocycles. The highest BCUT2D eigenvalue weighted by Crippen LogP contribution is 1.90. The number of ether oxygens (including phenoxy) is 1. The van der Waals surface area contributed by atoms with Gasteiger partial charge in [-0.2, -0.15) is 0 Å². The lowest BCUT2D eigenvalue weighted by molar-refractivity contribution is -0.143. The van der Waals surface area contributed by atoms with Crippen LogP contribution in [0.25, 0.3) is 0 Å². The lowest BCUT2D eigenvalue weighted by Crippen LogP contribution is -2.02.